The number of hydrogen-bond donors (Lipinski definition) is 1. The third kappa shape index (κ3) is 2.87. The number of aliphatic hydroxyl groups is 1. The van der Waals surface area contributed by atoms with Crippen molar-refractivity contribution in [2.75, 3.05) is 0 Å². The molecule has 0 heterocycles. The minimum atomic E-state index is -0.777. The van der Waals surface area contributed by atoms with Gasteiger partial charge in [-0.05, 0) is 44.2 Å². The molecular weight excluding hydrogens is 231 g/mol. The second kappa shape index (κ2) is 5.19. The average Bonchev–Trinajstić information content (AvgIpc) is 2.34. The highest BCUT2D eigenvalue weighted by Crippen LogP contribution is 2.30. The number of rotatable bonds is 3. The Morgan fingerprint density at radius 2 is 1.78 bits per heavy atom. The summed E-state index contributed by atoms with van der Waals surface area (Å²) in [6.07, 6.45) is -0.777. The number of benzene rings is 2. The Labute approximate surface area is 106 Å². The Hall–Kier alpha value is -1.87. The molecule has 0 aliphatic rings. The zero-order valence-corrected chi connectivity index (χ0v) is 10.4. The van der Waals surface area contributed by atoms with Gasteiger partial charge >= 0.3 is 0 Å². The van der Waals surface area contributed by atoms with E-state index in [0.29, 0.717) is 17.1 Å². The van der Waals surface area contributed by atoms with Gasteiger partial charge in [0.1, 0.15) is 17.3 Å². The van der Waals surface area contributed by atoms with Gasteiger partial charge in [0.2, 0.25) is 0 Å². The lowest BCUT2D eigenvalue weighted by Gasteiger charge is -2.13. The molecule has 0 aliphatic heterocycles. The maximum atomic E-state index is 13.1. The molecule has 2 rings (SSSR count). The van der Waals surface area contributed by atoms with E-state index in [2.05, 4.69) is 0 Å². The first kappa shape index (κ1) is 12.6. The maximum Gasteiger partial charge on any atom is 0.133 e. The number of aryl methyl sites for hydroxylation is 1. The summed E-state index contributed by atoms with van der Waals surface area (Å²) in [5.41, 5.74) is 1.58. The summed E-state index contributed by atoms with van der Waals surface area (Å²) in [4.78, 5) is 0. The molecule has 0 amide bonds. The van der Waals surface area contributed by atoms with Crippen molar-refractivity contribution in [2.24, 2.45) is 0 Å². The molecule has 18 heavy (non-hydrogen) atoms. The summed E-state index contributed by atoms with van der Waals surface area (Å²) in [6, 6.07) is 11.7. The van der Waals surface area contributed by atoms with E-state index in [0.717, 1.165) is 5.56 Å². The van der Waals surface area contributed by atoms with Gasteiger partial charge in [0, 0.05) is 5.56 Å². The third-order valence-corrected chi connectivity index (χ3v) is 2.67. The fraction of sp³-hybridized carbons (Fsp3) is 0.200. The zero-order chi connectivity index (χ0) is 13.1. The molecule has 3 heteroatoms. The first-order chi connectivity index (χ1) is 8.56. The van der Waals surface area contributed by atoms with Gasteiger partial charge < -0.3 is 9.84 Å². The summed E-state index contributed by atoms with van der Waals surface area (Å²) in [7, 11) is 0. The van der Waals surface area contributed by atoms with Crippen molar-refractivity contribution >= 4 is 0 Å². The minimum absolute atomic E-state index is 0.387. The van der Waals surface area contributed by atoms with Gasteiger partial charge in [-0.25, -0.2) is 4.39 Å². The summed E-state index contributed by atoms with van der Waals surface area (Å²) in [5.74, 6) is 0.742. The van der Waals surface area contributed by atoms with Gasteiger partial charge in [-0.1, -0.05) is 17.7 Å². The quantitative estimate of drug-likeness (QED) is 0.887. The molecule has 0 saturated heterocycles. The van der Waals surface area contributed by atoms with Gasteiger partial charge in [-0.3, -0.25) is 0 Å². The van der Waals surface area contributed by atoms with E-state index in [-0.39, 0.29) is 5.82 Å². The number of hydrogen-bond acceptors (Lipinski definition) is 2. The van der Waals surface area contributed by atoms with Crippen molar-refractivity contribution in [3.63, 3.8) is 0 Å². The van der Waals surface area contributed by atoms with Crippen LogP contribution in [0.2, 0.25) is 0 Å². The van der Waals surface area contributed by atoms with Crippen LogP contribution in [0.5, 0.6) is 11.5 Å². The second-order valence-electron chi connectivity index (χ2n) is 4.27. The maximum absolute atomic E-state index is 13.1. The van der Waals surface area contributed by atoms with Crippen LogP contribution >= 0.6 is 0 Å². The molecule has 2 aromatic carbocycles. The Morgan fingerprint density at radius 3 is 2.39 bits per heavy atom. The first-order valence-electron chi connectivity index (χ1n) is 5.78. The predicted octanol–water partition coefficient (Wildman–Crippen LogP) is 3.98. The standard InChI is InChI=1S/C15H15FO2/c1-10-3-6-13(7-4-10)18-15-8-5-12(16)9-14(15)11(2)17/h3-9,11,17H,1-2H3. The van der Waals surface area contributed by atoms with Gasteiger partial charge in [0.05, 0.1) is 6.10 Å². The molecule has 0 aliphatic carbocycles. The van der Waals surface area contributed by atoms with E-state index < -0.39 is 6.10 Å². The van der Waals surface area contributed by atoms with E-state index in [1.54, 1.807) is 6.92 Å². The molecule has 2 aromatic rings. The molecule has 2 nitrogen and oxygen atoms in total. The van der Waals surface area contributed by atoms with Crippen molar-refractivity contribution in [3.8, 4) is 11.5 Å². The Kier molecular flexibility index (Phi) is 3.63. The monoisotopic (exact) mass is 246 g/mol. The topological polar surface area (TPSA) is 29.5 Å². The molecule has 1 atom stereocenters. The van der Waals surface area contributed by atoms with Crippen LogP contribution in [0.4, 0.5) is 4.39 Å². The van der Waals surface area contributed by atoms with Crippen molar-refractivity contribution in [2.45, 2.75) is 20.0 Å². The SMILES string of the molecule is Cc1ccc(Oc2ccc(F)cc2C(C)O)cc1. The highest BCUT2D eigenvalue weighted by molar-refractivity contribution is 5.39. The molecule has 0 radical (unpaired) electrons. The van der Waals surface area contributed by atoms with E-state index in [9.17, 15) is 9.50 Å². The van der Waals surface area contributed by atoms with Gasteiger partial charge in [0.15, 0.2) is 0 Å². The lowest BCUT2D eigenvalue weighted by atomic mass is 10.1. The molecule has 94 valence electrons. The van der Waals surface area contributed by atoms with Crippen LogP contribution in [0.1, 0.15) is 24.2 Å². The van der Waals surface area contributed by atoms with Crippen LogP contribution in [0.25, 0.3) is 0 Å². The summed E-state index contributed by atoms with van der Waals surface area (Å²) < 4.78 is 18.8. The molecule has 0 saturated carbocycles. The van der Waals surface area contributed by atoms with Gasteiger partial charge in [-0.15, -0.1) is 0 Å². The van der Waals surface area contributed by atoms with E-state index in [1.165, 1.54) is 18.2 Å². The summed E-state index contributed by atoms with van der Waals surface area (Å²) >= 11 is 0. The summed E-state index contributed by atoms with van der Waals surface area (Å²) in [6.45, 7) is 3.57. The molecule has 0 fully saturated rings. The van der Waals surface area contributed by atoms with Crippen LogP contribution in [0, 0.1) is 12.7 Å². The largest absolute Gasteiger partial charge is 0.457 e. The highest BCUT2D eigenvalue weighted by atomic mass is 19.1. The smallest absolute Gasteiger partial charge is 0.133 e. The van der Waals surface area contributed by atoms with Crippen LogP contribution in [0.15, 0.2) is 42.5 Å². The van der Waals surface area contributed by atoms with E-state index in [4.69, 9.17) is 4.74 Å². The zero-order valence-electron chi connectivity index (χ0n) is 10.4. The Bertz CT molecular complexity index is 533. The van der Waals surface area contributed by atoms with E-state index >= 15 is 0 Å². The van der Waals surface area contributed by atoms with Crippen molar-refractivity contribution in [1.29, 1.82) is 0 Å². The van der Waals surface area contributed by atoms with Crippen LogP contribution < -0.4 is 4.74 Å². The van der Waals surface area contributed by atoms with Crippen LogP contribution in [-0.2, 0) is 0 Å². The van der Waals surface area contributed by atoms with Crippen LogP contribution in [-0.4, -0.2) is 5.11 Å². The Balaban J connectivity index is 2.31. The van der Waals surface area contributed by atoms with Crippen molar-refractivity contribution in [3.05, 3.63) is 59.4 Å². The molecule has 0 spiro atoms. The molecule has 0 bridgehead atoms. The molecule has 1 unspecified atom stereocenters. The molecule has 0 aromatic heterocycles. The predicted molar refractivity (Wildman–Crippen MR) is 68.3 cm³/mol. The Morgan fingerprint density at radius 1 is 1.11 bits per heavy atom. The van der Waals surface area contributed by atoms with Gasteiger partial charge in [0.25, 0.3) is 0 Å². The van der Waals surface area contributed by atoms with Crippen molar-refractivity contribution in [1.82, 2.24) is 0 Å². The highest BCUT2D eigenvalue weighted by Gasteiger charge is 2.11. The normalized spacial score (nSPS) is 12.2. The second-order valence-corrected chi connectivity index (χ2v) is 4.27. The fourth-order valence-corrected chi connectivity index (χ4v) is 1.67. The fourth-order valence-electron chi connectivity index (χ4n) is 1.67. The number of ether oxygens (including phenoxy) is 1. The average molecular weight is 246 g/mol. The molecular formula is C15H15FO2. The first-order valence-corrected chi connectivity index (χ1v) is 5.78. The molecule has 1 N–H and O–H groups in total. The van der Waals surface area contributed by atoms with Gasteiger partial charge in [-0.2, -0.15) is 0 Å². The summed E-state index contributed by atoms with van der Waals surface area (Å²) in [5, 5.41) is 9.60. The number of aliphatic hydroxyl groups excluding tert-OH is 1. The third-order valence-electron chi connectivity index (χ3n) is 2.67. The lowest BCUT2D eigenvalue weighted by molar-refractivity contribution is 0.195. The van der Waals surface area contributed by atoms with E-state index in [1.807, 2.05) is 31.2 Å². The van der Waals surface area contributed by atoms with Crippen molar-refractivity contribution < 1.29 is 14.2 Å². The lowest BCUT2D eigenvalue weighted by Crippen LogP contribution is -1.97. The number of halogens is 1. The minimum Gasteiger partial charge on any atom is -0.457 e. The van der Waals surface area contributed by atoms with Crippen LogP contribution in [0.3, 0.4) is 0 Å².